The molecule has 0 saturated heterocycles. The molecular weight excluding hydrogens is 314 g/mol. The van der Waals surface area contributed by atoms with Gasteiger partial charge in [-0.3, -0.25) is 4.79 Å². The first-order chi connectivity index (χ1) is 10.2. The summed E-state index contributed by atoms with van der Waals surface area (Å²) in [5.41, 5.74) is 1.07. The molecule has 0 bridgehead atoms. The van der Waals surface area contributed by atoms with E-state index in [1.54, 1.807) is 32.9 Å². The van der Waals surface area contributed by atoms with Gasteiger partial charge in [0.2, 0.25) is 0 Å². The van der Waals surface area contributed by atoms with Crippen LogP contribution in [-0.2, 0) is 19.1 Å². The van der Waals surface area contributed by atoms with Gasteiger partial charge in [0.15, 0.2) is 5.76 Å². The maximum absolute atomic E-state index is 12.7. The first kappa shape index (κ1) is 18.3. The third-order valence-corrected chi connectivity index (χ3v) is 4.33. The lowest BCUT2D eigenvalue weighted by atomic mass is 10.1. The molecule has 0 amide bonds. The Kier molecular flexibility index (Phi) is 6.22. The van der Waals surface area contributed by atoms with E-state index < -0.39 is 28.1 Å². The molecule has 1 aromatic rings. The number of ketones is 1. The number of benzene rings is 1. The largest absolute Gasteiger partial charge is 0.375 e. The van der Waals surface area contributed by atoms with Crippen LogP contribution in [0.15, 0.2) is 40.5 Å². The molecule has 1 rings (SSSR count). The molecular formula is C15H18F2O4S. The van der Waals surface area contributed by atoms with Crippen LogP contribution in [-0.4, -0.2) is 20.6 Å². The summed E-state index contributed by atoms with van der Waals surface area (Å²) in [6.45, 7) is 5.05. The monoisotopic (exact) mass is 332 g/mol. The number of allylic oxidation sites excluding steroid dienone is 2. The standard InChI is InChI=1S/C15H18F2O4S/c1-4-11(5-2)14(13(18)15(16)17)21-22(19,20)12-8-6-10(3)7-9-12/h6-9,15H,4-5H2,1-3H3. The average molecular weight is 332 g/mol. The maximum Gasteiger partial charge on any atom is 0.339 e. The maximum atomic E-state index is 12.7. The molecule has 0 unspecified atom stereocenters. The molecule has 0 spiro atoms. The van der Waals surface area contributed by atoms with Crippen molar-refractivity contribution in [2.24, 2.45) is 0 Å². The first-order valence-electron chi connectivity index (χ1n) is 6.78. The Labute approximate surface area is 128 Å². The highest BCUT2D eigenvalue weighted by Gasteiger charge is 2.29. The zero-order chi connectivity index (χ0) is 16.9. The zero-order valence-electron chi connectivity index (χ0n) is 12.6. The smallest absolute Gasteiger partial charge is 0.339 e. The minimum absolute atomic E-state index is 0.191. The van der Waals surface area contributed by atoms with E-state index in [2.05, 4.69) is 0 Å². The number of hydrogen-bond donors (Lipinski definition) is 0. The second-order valence-electron chi connectivity index (χ2n) is 4.66. The molecule has 0 aliphatic carbocycles. The number of hydrogen-bond acceptors (Lipinski definition) is 4. The number of carbonyl (C=O) groups is 1. The minimum Gasteiger partial charge on any atom is -0.375 e. The fourth-order valence-electron chi connectivity index (χ4n) is 1.81. The Morgan fingerprint density at radius 1 is 1.14 bits per heavy atom. The summed E-state index contributed by atoms with van der Waals surface area (Å²) in [5.74, 6) is -2.39. The molecule has 1 aromatic carbocycles. The van der Waals surface area contributed by atoms with Gasteiger partial charge >= 0.3 is 16.5 Å². The predicted octanol–water partition coefficient (Wildman–Crippen LogP) is 3.61. The van der Waals surface area contributed by atoms with Gasteiger partial charge in [-0.05, 0) is 37.5 Å². The Morgan fingerprint density at radius 2 is 1.64 bits per heavy atom. The van der Waals surface area contributed by atoms with Crippen LogP contribution in [0.25, 0.3) is 0 Å². The van der Waals surface area contributed by atoms with Crippen molar-refractivity contribution in [3.05, 3.63) is 41.2 Å². The normalized spacial score (nSPS) is 11.4. The van der Waals surface area contributed by atoms with Gasteiger partial charge in [0.1, 0.15) is 4.90 Å². The highest BCUT2D eigenvalue weighted by atomic mass is 32.2. The van der Waals surface area contributed by atoms with Crippen molar-refractivity contribution in [2.75, 3.05) is 0 Å². The number of alkyl halides is 2. The van der Waals surface area contributed by atoms with Crippen LogP contribution < -0.4 is 0 Å². The van der Waals surface area contributed by atoms with E-state index in [4.69, 9.17) is 4.18 Å². The minimum atomic E-state index is -4.33. The third kappa shape index (κ3) is 4.37. The van der Waals surface area contributed by atoms with E-state index in [0.717, 1.165) is 5.56 Å². The highest BCUT2D eigenvalue weighted by Crippen LogP contribution is 2.23. The van der Waals surface area contributed by atoms with E-state index in [9.17, 15) is 22.0 Å². The molecule has 0 atom stereocenters. The second-order valence-corrected chi connectivity index (χ2v) is 6.20. The fourth-order valence-corrected chi connectivity index (χ4v) is 2.79. The molecule has 0 N–H and O–H groups in total. The van der Waals surface area contributed by atoms with Crippen molar-refractivity contribution in [2.45, 2.75) is 44.9 Å². The van der Waals surface area contributed by atoms with Crippen molar-refractivity contribution >= 4 is 15.9 Å². The molecule has 0 aliphatic rings. The Hall–Kier alpha value is -1.76. The third-order valence-electron chi connectivity index (χ3n) is 3.10. The van der Waals surface area contributed by atoms with Crippen LogP contribution >= 0.6 is 0 Å². The summed E-state index contributed by atoms with van der Waals surface area (Å²) >= 11 is 0. The van der Waals surface area contributed by atoms with E-state index in [-0.39, 0.29) is 23.3 Å². The van der Waals surface area contributed by atoms with Crippen molar-refractivity contribution in [1.82, 2.24) is 0 Å². The van der Waals surface area contributed by atoms with Crippen LogP contribution in [0, 0.1) is 6.92 Å². The molecule has 0 fully saturated rings. The van der Waals surface area contributed by atoms with Gasteiger partial charge in [0, 0.05) is 0 Å². The molecule has 122 valence electrons. The van der Waals surface area contributed by atoms with Gasteiger partial charge in [0.25, 0.3) is 5.78 Å². The fraction of sp³-hybridized carbons (Fsp3) is 0.400. The van der Waals surface area contributed by atoms with Crippen LogP contribution in [0.2, 0.25) is 0 Å². The lowest BCUT2D eigenvalue weighted by molar-refractivity contribution is -0.127. The number of carbonyl (C=O) groups excluding carboxylic acids is 1. The quantitative estimate of drug-likeness (QED) is 0.435. The summed E-state index contributed by atoms with van der Waals surface area (Å²) in [7, 11) is -4.33. The van der Waals surface area contributed by atoms with Gasteiger partial charge in [-0.15, -0.1) is 0 Å². The summed E-state index contributed by atoms with van der Waals surface area (Å²) in [5, 5.41) is 0. The summed E-state index contributed by atoms with van der Waals surface area (Å²) in [6.07, 6.45) is -2.84. The van der Waals surface area contributed by atoms with Gasteiger partial charge < -0.3 is 4.18 Å². The lowest BCUT2D eigenvalue weighted by Crippen LogP contribution is -2.20. The zero-order valence-corrected chi connectivity index (χ0v) is 13.4. The summed E-state index contributed by atoms with van der Waals surface area (Å²) in [4.78, 5) is 11.4. The van der Waals surface area contributed by atoms with Crippen LogP contribution in [0.1, 0.15) is 32.3 Å². The van der Waals surface area contributed by atoms with E-state index in [1.807, 2.05) is 0 Å². The van der Waals surface area contributed by atoms with Gasteiger partial charge in [0.05, 0.1) is 0 Å². The number of aryl methyl sites for hydroxylation is 1. The SMILES string of the molecule is CCC(CC)=C(OS(=O)(=O)c1ccc(C)cc1)C(=O)C(F)F. The molecule has 0 radical (unpaired) electrons. The van der Waals surface area contributed by atoms with Crippen LogP contribution in [0.5, 0.6) is 0 Å². The molecule has 0 aromatic heterocycles. The average Bonchev–Trinajstić information content (AvgIpc) is 2.46. The molecule has 0 aliphatic heterocycles. The first-order valence-corrected chi connectivity index (χ1v) is 8.19. The van der Waals surface area contributed by atoms with Crippen LogP contribution in [0.4, 0.5) is 8.78 Å². The van der Waals surface area contributed by atoms with Crippen molar-refractivity contribution in [3.8, 4) is 0 Å². The van der Waals surface area contributed by atoms with Crippen molar-refractivity contribution in [1.29, 1.82) is 0 Å². The Morgan fingerprint density at radius 3 is 2.05 bits per heavy atom. The molecule has 7 heteroatoms. The Bertz CT molecular complexity index is 655. The Balaban J connectivity index is 3.27. The van der Waals surface area contributed by atoms with Crippen molar-refractivity contribution in [3.63, 3.8) is 0 Å². The van der Waals surface area contributed by atoms with E-state index >= 15 is 0 Å². The van der Waals surface area contributed by atoms with Gasteiger partial charge in [-0.2, -0.15) is 8.42 Å². The van der Waals surface area contributed by atoms with Gasteiger partial charge in [-0.1, -0.05) is 31.5 Å². The topological polar surface area (TPSA) is 60.4 Å². The molecule has 4 nitrogen and oxygen atoms in total. The second kappa shape index (κ2) is 7.49. The highest BCUT2D eigenvalue weighted by molar-refractivity contribution is 7.86. The van der Waals surface area contributed by atoms with Crippen LogP contribution in [0.3, 0.4) is 0 Å². The summed E-state index contributed by atoms with van der Waals surface area (Å²) < 4.78 is 54.4. The molecule has 0 saturated carbocycles. The van der Waals surface area contributed by atoms with E-state index in [0.29, 0.717) is 0 Å². The number of rotatable bonds is 7. The molecule has 0 heterocycles. The van der Waals surface area contributed by atoms with Crippen molar-refractivity contribution < 1.29 is 26.2 Å². The predicted molar refractivity (Wildman–Crippen MR) is 78.1 cm³/mol. The van der Waals surface area contributed by atoms with E-state index in [1.165, 1.54) is 12.1 Å². The summed E-state index contributed by atoms with van der Waals surface area (Å²) in [6, 6.07) is 5.70. The van der Waals surface area contributed by atoms with Gasteiger partial charge in [-0.25, -0.2) is 8.78 Å². The lowest BCUT2D eigenvalue weighted by Gasteiger charge is -2.13. The number of Topliss-reactive ketones (excluding diaryl/α,β-unsaturated/α-hetero) is 1. The molecule has 22 heavy (non-hydrogen) atoms. The number of halogens is 2.